The molecule has 0 spiro atoms. The number of rotatable bonds is 5. The maximum atomic E-state index is 12.3. The summed E-state index contributed by atoms with van der Waals surface area (Å²) < 4.78 is 11.1. The lowest BCUT2D eigenvalue weighted by molar-refractivity contribution is -0.121. The molecule has 132 valence electrons. The molecule has 2 aromatic rings. The highest BCUT2D eigenvalue weighted by molar-refractivity contribution is 5.97. The number of amides is 2. The highest BCUT2D eigenvalue weighted by Crippen LogP contribution is 2.34. The van der Waals surface area contributed by atoms with Crippen molar-refractivity contribution >= 4 is 17.5 Å². The van der Waals surface area contributed by atoms with E-state index in [0.717, 1.165) is 17.7 Å². The lowest BCUT2D eigenvalue weighted by atomic mass is 10.1. The second-order valence-electron chi connectivity index (χ2n) is 6.29. The summed E-state index contributed by atoms with van der Waals surface area (Å²) in [5.74, 6) is 1.09. The van der Waals surface area contributed by atoms with Crippen LogP contribution in [0.5, 0.6) is 5.75 Å². The first-order valence-corrected chi connectivity index (χ1v) is 8.41. The van der Waals surface area contributed by atoms with Gasteiger partial charge in [0.15, 0.2) is 12.4 Å². The molecule has 1 aromatic carbocycles. The molecule has 0 bridgehead atoms. The molecule has 1 N–H and O–H groups in total. The molecule has 0 unspecified atom stereocenters. The number of ether oxygens (including phenoxy) is 1. The smallest absolute Gasteiger partial charge is 0.287 e. The minimum atomic E-state index is -0.245. The van der Waals surface area contributed by atoms with Crippen LogP contribution >= 0.6 is 0 Å². The van der Waals surface area contributed by atoms with E-state index in [-0.39, 0.29) is 36.8 Å². The fraction of sp³-hybridized carbons (Fsp3) is 0.368. The van der Waals surface area contributed by atoms with Crippen molar-refractivity contribution in [2.45, 2.75) is 39.8 Å². The zero-order valence-electron chi connectivity index (χ0n) is 14.7. The van der Waals surface area contributed by atoms with Gasteiger partial charge < -0.3 is 14.5 Å². The Kier molecular flexibility index (Phi) is 4.79. The van der Waals surface area contributed by atoms with E-state index < -0.39 is 0 Å². The fourth-order valence-electron chi connectivity index (χ4n) is 2.62. The third-order valence-electron chi connectivity index (χ3n) is 4.25. The van der Waals surface area contributed by atoms with E-state index in [1.807, 2.05) is 39.0 Å². The van der Waals surface area contributed by atoms with E-state index in [2.05, 4.69) is 5.32 Å². The number of hydrogen-bond acceptors (Lipinski definition) is 4. The van der Waals surface area contributed by atoms with E-state index in [0.29, 0.717) is 11.5 Å². The molecular weight excluding hydrogens is 320 g/mol. The average Bonchev–Trinajstić information content (AvgIpc) is 3.06. The predicted molar refractivity (Wildman–Crippen MR) is 93.8 cm³/mol. The Bertz CT molecular complexity index is 796. The molecular formula is C19H22N2O4. The van der Waals surface area contributed by atoms with Gasteiger partial charge in [-0.3, -0.25) is 14.5 Å². The molecule has 0 radical (unpaired) electrons. The summed E-state index contributed by atoms with van der Waals surface area (Å²) in [6, 6.07) is 9.15. The van der Waals surface area contributed by atoms with Crippen molar-refractivity contribution in [3.63, 3.8) is 0 Å². The molecule has 1 aromatic heterocycles. The summed E-state index contributed by atoms with van der Waals surface area (Å²) in [7, 11) is 0. The van der Waals surface area contributed by atoms with Gasteiger partial charge >= 0.3 is 0 Å². The van der Waals surface area contributed by atoms with Gasteiger partial charge in [0, 0.05) is 6.04 Å². The van der Waals surface area contributed by atoms with Gasteiger partial charge in [-0.05, 0) is 50.1 Å². The van der Waals surface area contributed by atoms with Crippen LogP contribution in [-0.2, 0) is 11.3 Å². The minimum Gasteiger partial charge on any atom is -0.482 e. The molecule has 0 saturated heterocycles. The number of carbonyl (C=O) groups is 2. The van der Waals surface area contributed by atoms with Crippen LogP contribution in [0.15, 0.2) is 34.7 Å². The Morgan fingerprint density at radius 3 is 2.88 bits per heavy atom. The minimum absolute atomic E-state index is 0.00186. The van der Waals surface area contributed by atoms with Gasteiger partial charge in [0.05, 0.1) is 12.2 Å². The molecule has 25 heavy (non-hydrogen) atoms. The van der Waals surface area contributed by atoms with E-state index in [9.17, 15) is 9.59 Å². The molecule has 1 aliphatic heterocycles. The van der Waals surface area contributed by atoms with Crippen LogP contribution < -0.4 is 15.0 Å². The fourth-order valence-corrected chi connectivity index (χ4v) is 2.62. The number of nitrogens with zero attached hydrogens (tertiary/aromatic N) is 1. The van der Waals surface area contributed by atoms with Crippen LogP contribution in [-0.4, -0.2) is 24.5 Å². The van der Waals surface area contributed by atoms with Crippen molar-refractivity contribution in [3.05, 3.63) is 47.4 Å². The molecule has 2 heterocycles. The standard InChI is InChI=1S/C19H22N2O4/c1-4-13(3)20-19(23)17-8-6-14(25-17)10-21-15-9-12(2)5-7-16(15)24-11-18(21)22/h5-9,13H,4,10-11H2,1-3H3,(H,20,23)/t13-/m1/s1. The lowest BCUT2D eigenvalue weighted by Crippen LogP contribution is -2.38. The van der Waals surface area contributed by atoms with E-state index >= 15 is 0 Å². The predicted octanol–water partition coefficient (Wildman–Crippen LogP) is 3.04. The summed E-state index contributed by atoms with van der Waals surface area (Å²) in [6.45, 7) is 6.16. The van der Waals surface area contributed by atoms with Gasteiger partial charge in [0.1, 0.15) is 11.5 Å². The van der Waals surface area contributed by atoms with Crippen molar-refractivity contribution in [1.82, 2.24) is 5.32 Å². The Labute approximate surface area is 146 Å². The molecule has 1 aliphatic rings. The summed E-state index contributed by atoms with van der Waals surface area (Å²) in [4.78, 5) is 26.0. The van der Waals surface area contributed by atoms with Gasteiger partial charge in [-0.15, -0.1) is 0 Å². The molecule has 0 aliphatic carbocycles. The first-order chi connectivity index (χ1) is 12.0. The molecule has 3 rings (SSSR count). The zero-order chi connectivity index (χ0) is 18.0. The van der Waals surface area contributed by atoms with Crippen molar-refractivity contribution in [2.24, 2.45) is 0 Å². The maximum absolute atomic E-state index is 12.3. The van der Waals surface area contributed by atoms with Gasteiger partial charge in [0.25, 0.3) is 11.8 Å². The monoisotopic (exact) mass is 342 g/mol. The summed E-state index contributed by atoms with van der Waals surface area (Å²) >= 11 is 0. The van der Waals surface area contributed by atoms with Crippen LogP contribution in [0.2, 0.25) is 0 Å². The number of benzene rings is 1. The number of furan rings is 1. The highest BCUT2D eigenvalue weighted by Gasteiger charge is 2.27. The molecule has 1 atom stereocenters. The highest BCUT2D eigenvalue weighted by atomic mass is 16.5. The number of nitrogens with one attached hydrogen (secondary N) is 1. The molecule has 0 saturated carbocycles. The van der Waals surface area contributed by atoms with Crippen molar-refractivity contribution in [3.8, 4) is 5.75 Å². The largest absolute Gasteiger partial charge is 0.482 e. The Morgan fingerprint density at radius 2 is 2.12 bits per heavy atom. The van der Waals surface area contributed by atoms with Crippen molar-refractivity contribution < 1.29 is 18.7 Å². The number of aryl methyl sites for hydroxylation is 1. The van der Waals surface area contributed by atoms with Gasteiger partial charge in [-0.25, -0.2) is 0 Å². The number of fused-ring (bicyclic) bond motifs is 1. The third-order valence-corrected chi connectivity index (χ3v) is 4.25. The molecule has 6 nitrogen and oxygen atoms in total. The zero-order valence-corrected chi connectivity index (χ0v) is 14.7. The van der Waals surface area contributed by atoms with Crippen LogP contribution in [0.1, 0.15) is 42.1 Å². The van der Waals surface area contributed by atoms with Gasteiger partial charge in [0.2, 0.25) is 0 Å². The summed E-state index contributed by atoms with van der Waals surface area (Å²) in [6.07, 6.45) is 0.845. The van der Waals surface area contributed by atoms with E-state index in [1.54, 1.807) is 17.0 Å². The van der Waals surface area contributed by atoms with Crippen LogP contribution in [0.3, 0.4) is 0 Å². The summed E-state index contributed by atoms with van der Waals surface area (Å²) in [5.41, 5.74) is 1.76. The molecule has 0 fully saturated rings. The topological polar surface area (TPSA) is 71.8 Å². The number of hydrogen-bond donors (Lipinski definition) is 1. The Morgan fingerprint density at radius 1 is 1.32 bits per heavy atom. The average molecular weight is 342 g/mol. The van der Waals surface area contributed by atoms with Gasteiger partial charge in [-0.1, -0.05) is 13.0 Å². The first kappa shape index (κ1) is 17.1. The van der Waals surface area contributed by atoms with Crippen molar-refractivity contribution in [2.75, 3.05) is 11.5 Å². The summed E-state index contributed by atoms with van der Waals surface area (Å²) in [5, 5.41) is 2.86. The van der Waals surface area contributed by atoms with Gasteiger partial charge in [-0.2, -0.15) is 0 Å². The third kappa shape index (κ3) is 3.68. The molecule has 6 heteroatoms. The maximum Gasteiger partial charge on any atom is 0.287 e. The van der Waals surface area contributed by atoms with E-state index in [4.69, 9.17) is 9.15 Å². The SMILES string of the molecule is CC[C@@H](C)NC(=O)c1ccc(CN2C(=O)COc3ccc(C)cc32)o1. The first-order valence-electron chi connectivity index (χ1n) is 8.41. The Hall–Kier alpha value is -2.76. The van der Waals surface area contributed by atoms with Crippen LogP contribution in [0.4, 0.5) is 5.69 Å². The lowest BCUT2D eigenvalue weighted by Gasteiger charge is -2.29. The van der Waals surface area contributed by atoms with E-state index in [1.165, 1.54) is 0 Å². The molecule has 2 amide bonds. The second kappa shape index (κ2) is 7.01. The quantitative estimate of drug-likeness (QED) is 0.906. The Balaban J connectivity index is 1.78. The second-order valence-corrected chi connectivity index (χ2v) is 6.29. The number of anilines is 1. The van der Waals surface area contributed by atoms with Crippen LogP contribution in [0.25, 0.3) is 0 Å². The normalized spacial score (nSPS) is 14.7. The van der Waals surface area contributed by atoms with Crippen molar-refractivity contribution in [1.29, 1.82) is 0 Å². The van der Waals surface area contributed by atoms with Crippen LogP contribution in [0, 0.1) is 6.92 Å². The number of carbonyl (C=O) groups excluding carboxylic acids is 2.